The topological polar surface area (TPSA) is 71.5 Å². The van der Waals surface area contributed by atoms with E-state index >= 15 is 0 Å². The van der Waals surface area contributed by atoms with Crippen molar-refractivity contribution in [3.05, 3.63) is 42.6 Å². The molecule has 21 heavy (non-hydrogen) atoms. The van der Waals surface area contributed by atoms with Crippen molar-refractivity contribution in [1.29, 1.82) is 0 Å². The standard InChI is InChI=1S/C14H17N3O3S/c1-15-13-5-4-10-16-14(13)21(18,19)17(2)11-6-8-12(20-3)9-7-11/h4-10,15H,1-3H3. The van der Waals surface area contributed by atoms with Gasteiger partial charge >= 0.3 is 0 Å². The quantitative estimate of drug-likeness (QED) is 0.914. The molecule has 0 amide bonds. The SMILES string of the molecule is CNc1cccnc1S(=O)(=O)N(C)c1ccc(OC)cc1. The van der Waals surface area contributed by atoms with Gasteiger partial charge in [0.1, 0.15) is 5.75 Å². The van der Waals surface area contributed by atoms with Crippen LogP contribution in [-0.4, -0.2) is 34.6 Å². The third kappa shape index (κ3) is 2.92. The smallest absolute Gasteiger partial charge is 0.283 e. The number of sulfonamides is 1. The summed E-state index contributed by atoms with van der Waals surface area (Å²) in [6.07, 6.45) is 1.45. The summed E-state index contributed by atoms with van der Waals surface area (Å²) in [7, 11) is 0.970. The number of aromatic nitrogens is 1. The summed E-state index contributed by atoms with van der Waals surface area (Å²) in [5.41, 5.74) is 0.987. The van der Waals surface area contributed by atoms with E-state index in [-0.39, 0.29) is 5.03 Å². The van der Waals surface area contributed by atoms with Crippen LogP contribution < -0.4 is 14.4 Å². The van der Waals surface area contributed by atoms with E-state index in [2.05, 4.69) is 10.3 Å². The lowest BCUT2D eigenvalue weighted by Crippen LogP contribution is -2.28. The summed E-state index contributed by atoms with van der Waals surface area (Å²) in [5, 5.41) is 2.83. The molecule has 0 aliphatic rings. The molecule has 1 heterocycles. The van der Waals surface area contributed by atoms with Crippen molar-refractivity contribution in [2.75, 3.05) is 30.8 Å². The Labute approximate surface area is 124 Å². The Kier molecular flexibility index (Phi) is 4.32. The van der Waals surface area contributed by atoms with Crippen LogP contribution in [0.1, 0.15) is 0 Å². The van der Waals surface area contributed by atoms with Crippen LogP contribution >= 0.6 is 0 Å². The number of nitrogens with zero attached hydrogens (tertiary/aromatic N) is 2. The Hall–Kier alpha value is -2.28. The van der Waals surface area contributed by atoms with Gasteiger partial charge in [-0.05, 0) is 36.4 Å². The van der Waals surface area contributed by atoms with Crippen LogP contribution in [0.4, 0.5) is 11.4 Å². The van der Waals surface area contributed by atoms with Gasteiger partial charge in [0.05, 0.1) is 18.5 Å². The average Bonchev–Trinajstić information content (AvgIpc) is 2.54. The predicted molar refractivity (Wildman–Crippen MR) is 82.4 cm³/mol. The number of hydrogen-bond donors (Lipinski definition) is 1. The molecule has 0 unspecified atom stereocenters. The molecule has 0 saturated carbocycles. The van der Waals surface area contributed by atoms with Crippen molar-refractivity contribution in [3.8, 4) is 5.75 Å². The van der Waals surface area contributed by atoms with Gasteiger partial charge in [0.15, 0.2) is 5.03 Å². The van der Waals surface area contributed by atoms with E-state index in [9.17, 15) is 8.42 Å². The molecule has 1 aromatic heterocycles. The van der Waals surface area contributed by atoms with Crippen molar-refractivity contribution in [1.82, 2.24) is 4.98 Å². The normalized spacial score (nSPS) is 11.0. The van der Waals surface area contributed by atoms with E-state index in [1.165, 1.54) is 17.5 Å². The predicted octanol–water partition coefficient (Wildman–Crippen LogP) is 1.96. The van der Waals surface area contributed by atoms with Gasteiger partial charge in [-0.1, -0.05) is 0 Å². The minimum atomic E-state index is -3.74. The van der Waals surface area contributed by atoms with Crippen LogP contribution in [0, 0.1) is 0 Å². The van der Waals surface area contributed by atoms with E-state index in [0.717, 1.165) is 0 Å². The Balaban J connectivity index is 2.42. The number of pyridine rings is 1. The van der Waals surface area contributed by atoms with Crippen LogP contribution in [-0.2, 0) is 10.0 Å². The zero-order valence-corrected chi connectivity index (χ0v) is 12.9. The molecule has 6 nitrogen and oxygen atoms in total. The minimum absolute atomic E-state index is 0.00850. The minimum Gasteiger partial charge on any atom is -0.497 e. The number of anilines is 2. The van der Waals surface area contributed by atoms with Crippen LogP contribution in [0.5, 0.6) is 5.75 Å². The lowest BCUT2D eigenvalue weighted by molar-refractivity contribution is 0.415. The van der Waals surface area contributed by atoms with E-state index in [0.29, 0.717) is 17.1 Å². The first-order valence-corrected chi connectivity index (χ1v) is 7.70. The Morgan fingerprint density at radius 3 is 2.43 bits per heavy atom. The number of ether oxygens (including phenoxy) is 1. The van der Waals surface area contributed by atoms with Crippen molar-refractivity contribution in [2.45, 2.75) is 5.03 Å². The molecule has 1 N–H and O–H groups in total. The molecule has 112 valence electrons. The fraction of sp³-hybridized carbons (Fsp3) is 0.214. The molecule has 0 atom stereocenters. The molecule has 7 heteroatoms. The Bertz CT molecular complexity index is 714. The number of hydrogen-bond acceptors (Lipinski definition) is 5. The van der Waals surface area contributed by atoms with Crippen LogP contribution in [0.25, 0.3) is 0 Å². The zero-order chi connectivity index (χ0) is 15.5. The van der Waals surface area contributed by atoms with Gasteiger partial charge in [-0.3, -0.25) is 4.31 Å². The molecule has 0 aliphatic heterocycles. The van der Waals surface area contributed by atoms with Crippen molar-refractivity contribution in [3.63, 3.8) is 0 Å². The number of benzene rings is 1. The van der Waals surface area contributed by atoms with Gasteiger partial charge in [0.2, 0.25) is 0 Å². The molecule has 0 spiro atoms. The highest BCUT2D eigenvalue weighted by Gasteiger charge is 2.25. The van der Waals surface area contributed by atoms with E-state index in [1.807, 2.05) is 0 Å². The van der Waals surface area contributed by atoms with E-state index in [1.54, 1.807) is 50.6 Å². The highest BCUT2D eigenvalue weighted by Crippen LogP contribution is 2.26. The molecule has 0 radical (unpaired) electrons. The second-order valence-electron chi connectivity index (χ2n) is 4.28. The maximum absolute atomic E-state index is 12.7. The van der Waals surface area contributed by atoms with Gasteiger partial charge in [0.25, 0.3) is 10.0 Å². The van der Waals surface area contributed by atoms with Crippen molar-refractivity contribution < 1.29 is 13.2 Å². The van der Waals surface area contributed by atoms with E-state index in [4.69, 9.17) is 4.74 Å². The molecular formula is C14H17N3O3S. The molecule has 2 aromatic rings. The maximum Gasteiger partial charge on any atom is 0.283 e. The summed E-state index contributed by atoms with van der Waals surface area (Å²) in [5.74, 6) is 0.665. The van der Waals surface area contributed by atoms with Crippen LogP contribution in [0.15, 0.2) is 47.6 Å². The number of rotatable bonds is 5. The largest absolute Gasteiger partial charge is 0.497 e. The average molecular weight is 307 g/mol. The highest BCUT2D eigenvalue weighted by molar-refractivity contribution is 7.92. The third-order valence-electron chi connectivity index (χ3n) is 3.08. The molecular weight excluding hydrogens is 290 g/mol. The number of methoxy groups -OCH3 is 1. The van der Waals surface area contributed by atoms with E-state index < -0.39 is 10.0 Å². The highest BCUT2D eigenvalue weighted by atomic mass is 32.2. The Morgan fingerprint density at radius 1 is 1.19 bits per heavy atom. The fourth-order valence-electron chi connectivity index (χ4n) is 1.85. The van der Waals surface area contributed by atoms with Gasteiger partial charge in [0, 0.05) is 20.3 Å². The summed E-state index contributed by atoms with van der Waals surface area (Å²) in [6, 6.07) is 10.1. The van der Waals surface area contributed by atoms with Crippen molar-refractivity contribution in [2.24, 2.45) is 0 Å². The van der Waals surface area contributed by atoms with Crippen LogP contribution in [0.2, 0.25) is 0 Å². The maximum atomic E-state index is 12.7. The van der Waals surface area contributed by atoms with Gasteiger partial charge in [-0.15, -0.1) is 0 Å². The first-order valence-electron chi connectivity index (χ1n) is 6.26. The van der Waals surface area contributed by atoms with Gasteiger partial charge in [-0.2, -0.15) is 8.42 Å². The summed E-state index contributed by atoms with van der Waals surface area (Å²) in [4.78, 5) is 3.98. The third-order valence-corrected chi connectivity index (χ3v) is 4.83. The Morgan fingerprint density at radius 2 is 1.86 bits per heavy atom. The molecule has 0 fully saturated rings. The molecule has 0 bridgehead atoms. The monoisotopic (exact) mass is 307 g/mol. The van der Waals surface area contributed by atoms with Gasteiger partial charge < -0.3 is 10.1 Å². The lowest BCUT2D eigenvalue weighted by Gasteiger charge is -2.20. The first kappa shape index (κ1) is 15.1. The summed E-state index contributed by atoms with van der Waals surface area (Å²) in [6.45, 7) is 0. The first-order chi connectivity index (χ1) is 10.0. The fourth-order valence-corrected chi connectivity index (χ4v) is 3.15. The second-order valence-corrected chi connectivity index (χ2v) is 6.16. The lowest BCUT2D eigenvalue weighted by atomic mass is 10.3. The molecule has 2 rings (SSSR count). The molecule has 0 aliphatic carbocycles. The number of nitrogens with one attached hydrogen (secondary N) is 1. The van der Waals surface area contributed by atoms with Crippen LogP contribution in [0.3, 0.4) is 0 Å². The van der Waals surface area contributed by atoms with Gasteiger partial charge in [-0.25, -0.2) is 4.98 Å². The molecule has 1 aromatic carbocycles. The summed E-state index contributed by atoms with van der Waals surface area (Å²) < 4.78 is 31.6. The zero-order valence-electron chi connectivity index (χ0n) is 12.1. The second kappa shape index (κ2) is 6.01. The molecule has 0 saturated heterocycles. The summed E-state index contributed by atoms with van der Waals surface area (Å²) >= 11 is 0. The van der Waals surface area contributed by atoms with Crippen molar-refractivity contribution >= 4 is 21.4 Å².